The molecule has 0 atom stereocenters. The molecule has 0 aromatic heterocycles. The largest absolute Gasteiger partial charge is 0.456 e. The highest BCUT2D eigenvalue weighted by atomic mass is 79.9. The molecule has 0 spiro atoms. The zero-order valence-electron chi connectivity index (χ0n) is 13.6. The smallest absolute Gasteiger partial charge is 0.420 e. The van der Waals surface area contributed by atoms with Crippen LogP contribution in [0.3, 0.4) is 0 Å². The van der Waals surface area contributed by atoms with Crippen LogP contribution in [-0.4, -0.2) is 11.1 Å². The van der Waals surface area contributed by atoms with E-state index < -0.39 is 28.6 Å². The van der Waals surface area contributed by atoms with E-state index in [9.17, 15) is 22.8 Å². The minimum atomic E-state index is -4.70. The number of carbonyl (C=O) groups is 2. The first kappa shape index (κ1) is 20.0. The average molecular weight is 469 g/mol. The Hall–Kier alpha value is -2.77. The summed E-state index contributed by atoms with van der Waals surface area (Å²) in [5, 5.41) is 10.5. The lowest BCUT2D eigenvalue weighted by atomic mass is 10.1. The molecule has 1 fully saturated rings. The van der Waals surface area contributed by atoms with Crippen LogP contribution in [0.2, 0.25) is 0 Å². The molecule has 3 rings (SSSR count). The molecule has 1 N–H and O–H groups in total. The maximum absolute atomic E-state index is 13.3. The summed E-state index contributed by atoms with van der Waals surface area (Å²) in [7, 11) is 0. The number of imide groups is 1. The van der Waals surface area contributed by atoms with Crippen molar-refractivity contribution < 1.29 is 27.5 Å². The Labute approximate surface area is 169 Å². The number of benzene rings is 2. The number of nitrogens with one attached hydrogen (secondary N) is 1. The second-order valence-electron chi connectivity index (χ2n) is 5.46. The van der Waals surface area contributed by atoms with Gasteiger partial charge >= 0.3 is 6.18 Å². The van der Waals surface area contributed by atoms with Gasteiger partial charge in [0.15, 0.2) is 0 Å². The number of nitriles is 1. The first-order chi connectivity index (χ1) is 13.2. The van der Waals surface area contributed by atoms with E-state index in [0.717, 1.165) is 23.9 Å². The van der Waals surface area contributed by atoms with Gasteiger partial charge in [0, 0.05) is 0 Å². The van der Waals surface area contributed by atoms with Crippen LogP contribution in [0.25, 0.3) is 6.08 Å². The van der Waals surface area contributed by atoms with Gasteiger partial charge in [-0.15, -0.1) is 0 Å². The van der Waals surface area contributed by atoms with E-state index in [4.69, 9.17) is 10.00 Å². The minimum absolute atomic E-state index is 0.108. The fraction of sp³-hybridized carbons (Fsp3) is 0.0556. The molecule has 0 radical (unpaired) electrons. The molecule has 28 heavy (non-hydrogen) atoms. The number of ether oxygens (including phenoxy) is 1. The quantitative estimate of drug-likeness (QED) is 0.605. The number of carbonyl (C=O) groups excluding carboxylic acids is 2. The highest BCUT2D eigenvalue weighted by Crippen LogP contribution is 2.40. The Morgan fingerprint density at radius 2 is 1.86 bits per heavy atom. The molecule has 0 bridgehead atoms. The molecule has 1 aliphatic rings. The molecule has 0 aliphatic carbocycles. The molecule has 2 aromatic rings. The third kappa shape index (κ3) is 4.37. The number of halogens is 4. The van der Waals surface area contributed by atoms with Gasteiger partial charge < -0.3 is 4.74 Å². The number of hydrogen-bond acceptors (Lipinski definition) is 5. The van der Waals surface area contributed by atoms with Crippen molar-refractivity contribution in [3.63, 3.8) is 0 Å². The molecule has 5 nitrogen and oxygen atoms in total. The normalized spacial score (nSPS) is 15.5. The first-order valence-corrected chi connectivity index (χ1v) is 9.12. The second kappa shape index (κ2) is 7.69. The lowest BCUT2D eigenvalue weighted by molar-refractivity contribution is -0.138. The maximum atomic E-state index is 13.3. The Morgan fingerprint density at radius 3 is 2.43 bits per heavy atom. The van der Waals surface area contributed by atoms with Crippen molar-refractivity contribution in [3.8, 4) is 17.6 Å². The topological polar surface area (TPSA) is 79.2 Å². The maximum Gasteiger partial charge on any atom is 0.420 e. The van der Waals surface area contributed by atoms with Gasteiger partial charge in [-0.05, 0) is 69.7 Å². The predicted octanol–water partition coefficient (Wildman–Crippen LogP) is 5.46. The summed E-state index contributed by atoms with van der Waals surface area (Å²) in [6.45, 7) is 0. The average Bonchev–Trinajstić information content (AvgIpc) is 2.93. The molecule has 142 valence electrons. The minimum Gasteiger partial charge on any atom is -0.456 e. The number of nitrogens with zero attached hydrogens (tertiary/aromatic N) is 1. The van der Waals surface area contributed by atoms with Crippen LogP contribution in [0.4, 0.5) is 18.0 Å². The molecule has 1 aliphatic heterocycles. The van der Waals surface area contributed by atoms with Crippen LogP contribution < -0.4 is 10.1 Å². The number of alkyl halides is 3. The third-order valence-corrected chi connectivity index (χ3v) is 4.96. The predicted molar refractivity (Wildman–Crippen MR) is 99.5 cm³/mol. The van der Waals surface area contributed by atoms with E-state index in [0.29, 0.717) is 10.0 Å². The van der Waals surface area contributed by atoms with Gasteiger partial charge in [-0.2, -0.15) is 18.4 Å². The van der Waals surface area contributed by atoms with E-state index in [1.54, 1.807) is 6.07 Å². The van der Waals surface area contributed by atoms with Crippen LogP contribution in [0, 0.1) is 11.3 Å². The Morgan fingerprint density at radius 1 is 1.14 bits per heavy atom. The van der Waals surface area contributed by atoms with Crippen molar-refractivity contribution in [2.45, 2.75) is 6.18 Å². The van der Waals surface area contributed by atoms with Crippen LogP contribution in [0.15, 0.2) is 45.8 Å². The van der Waals surface area contributed by atoms with Crippen molar-refractivity contribution in [2.24, 2.45) is 0 Å². The van der Waals surface area contributed by atoms with E-state index in [-0.39, 0.29) is 16.2 Å². The first-order valence-electron chi connectivity index (χ1n) is 7.51. The van der Waals surface area contributed by atoms with Crippen LogP contribution in [0.1, 0.15) is 16.7 Å². The fourth-order valence-electron chi connectivity index (χ4n) is 2.29. The molecule has 0 unspecified atom stereocenters. The van der Waals surface area contributed by atoms with Crippen LogP contribution in [0.5, 0.6) is 11.5 Å². The molecule has 1 saturated heterocycles. The summed E-state index contributed by atoms with van der Waals surface area (Å²) < 4.78 is 45.5. The Kier molecular flexibility index (Phi) is 5.49. The van der Waals surface area contributed by atoms with Crippen molar-refractivity contribution in [1.29, 1.82) is 5.26 Å². The Bertz CT molecular complexity index is 1060. The van der Waals surface area contributed by atoms with E-state index in [2.05, 4.69) is 21.2 Å². The summed E-state index contributed by atoms with van der Waals surface area (Å²) >= 11 is 3.97. The highest BCUT2D eigenvalue weighted by molar-refractivity contribution is 9.10. The highest BCUT2D eigenvalue weighted by Gasteiger charge is 2.35. The third-order valence-electron chi connectivity index (χ3n) is 3.53. The summed E-state index contributed by atoms with van der Waals surface area (Å²) in [4.78, 5) is 23.0. The molecular formula is C18H8BrF3N2O3S. The number of hydrogen-bond donors (Lipinski definition) is 1. The van der Waals surface area contributed by atoms with E-state index in [1.807, 2.05) is 0 Å². The van der Waals surface area contributed by atoms with Gasteiger partial charge in [0.1, 0.15) is 11.5 Å². The Balaban J connectivity index is 1.91. The van der Waals surface area contributed by atoms with Gasteiger partial charge in [-0.3, -0.25) is 14.9 Å². The molecule has 1 heterocycles. The van der Waals surface area contributed by atoms with Crippen molar-refractivity contribution in [3.05, 3.63) is 62.5 Å². The summed E-state index contributed by atoms with van der Waals surface area (Å²) in [6, 6.07) is 9.17. The summed E-state index contributed by atoms with van der Waals surface area (Å²) in [6.07, 6.45) is -3.22. The molecule has 10 heteroatoms. The fourth-order valence-corrected chi connectivity index (χ4v) is 3.45. The van der Waals surface area contributed by atoms with Gasteiger partial charge in [0.25, 0.3) is 11.1 Å². The summed E-state index contributed by atoms with van der Waals surface area (Å²) in [5.41, 5.74) is -0.660. The van der Waals surface area contributed by atoms with Gasteiger partial charge in [0.2, 0.25) is 0 Å². The van der Waals surface area contributed by atoms with Crippen LogP contribution >= 0.6 is 27.7 Å². The molecule has 0 saturated carbocycles. The monoisotopic (exact) mass is 468 g/mol. The van der Waals surface area contributed by atoms with E-state index >= 15 is 0 Å². The molecule has 2 aromatic carbocycles. The van der Waals surface area contributed by atoms with Gasteiger partial charge in [-0.25, -0.2) is 0 Å². The number of amides is 2. The van der Waals surface area contributed by atoms with Gasteiger partial charge in [-0.1, -0.05) is 6.07 Å². The standard InChI is InChI=1S/C18H8BrF3N2O3S/c19-12-6-9(7-15-16(25)24-17(26)28-15)1-4-14(12)27-13-3-2-10(8-23)5-11(13)18(20,21)22/h1-7H,(H,24,25,26)/b15-7+. The molecule has 2 amide bonds. The van der Waals surface area contributed by atoms with Crippen molar-refractivity contribution in [2.75, 3.05) is 0 Å². The number of thioether (sulfide) groups is 1. The van der Waals surface area contributed by atoms with Gasteiger partial charge in [0.05, 0.1) is 26.6 Å². The zero-order chi connectivity index (χ0) is 20.5. The van der Waals surface area contributed by atoms with E-state index in [1.165, 1.54) is 30.3 Å². The second-order valence-corrected chi connectivity index (χ2v) is 7.33. The van der Waals surface area contributed by atoms with Crippen molar-refractivity contribution in [1.82, 2.24) is 5.32 Å². The molecular weight excluding hydrogens is 461 g/mol. The lowest BCUT2D eigenvalue weighted by Gasteiger charge is -2.15. The van der Waals surface area contributed by atoms with Crippen molar-refractivity contribution >= 4 is 44.9 Å². The SMILES string of the molecule is N#Cc1ccc(Oc2ccc(/C=C3/SC(=O)NC3=O)cc2Br)c(C(F)(F)F)c1. The van der Waals surface area contributed by atoms with Crippen LogP contribution in [-0.2, 0) is 11.0 Å². The lowest BCUT2D eigenvalue weighted by Crippen LogP contribution is -2.17. The number of rotatable bonds is 3. The summed E-state index contributed by atoms with van der Waals surface area (Å²) in [5.74, 6) is -0.856. The zero-order valence-corrected chi connectivity index (χ0v) is 16.0.